The predicted molar refractivity (Wildman–Crippen MR) is 73.0 cm³/mol. The average Bonchev–Trinajstić information content (AvgIpc) is 2.38. The molecule has 2 rings (SSSR count). The Labute approximate surface area is 108 Å². The SMILES string of the molecule is NC(=O)C1CCCCN1CCc1ccc(N)cc1. The fraction of sp³-hybridized carbons (Fsp3) is 0.500. The molecule has 1 aromatic carbocycles. The van der Waals surface area contributed by atoms with Crippen molar-refractivity contribution in [1.82, 2.24) is 4.90 Å². The number of amides is 1. The van der Waals surface area contributed by atoms with E-state index in [4.69, 9.17) is 11.5 Å². The minimum Gasteiger partial charge on any atom is -0.399 e. The number of rotatable bonds is 4. The van der Waals surface area contributed by atoms with Crippen molar-refractivity contribution in [2.75, 3.05) is 18.8 Å². The first-order valence-corrected chi connectivity index (χ1v) is 6.54. The quantitative estimate of drug-likeness (QED) is 0.784. The molecule has 18 heavy (non-hydrogen) atoms. The van der Waals surface area contributed by atoms with Crippen LogP contribution in [0.2, 0.25) is 0 Å². The normalized spacial score (nSPS) is 20.8. The number of carbonyl (C=O) groups is 1. The highest BCUT2D eigenvalue weighted by atomic mass is 16.1. The second-order valence-electron chi connectivity index (χ2n) is 4.94. The Morgan fingerprint density at radius 3 is 2.67 bits per heavy atom. The minimum atomic E-state index is -0.188. The third-order valence-corrected chi connectivity index (χ3v) is 3.61. The van der Waals surface area contributed by atoms with Gasteiger partial charge in [0.1, 0.15) is 0 Å². The fourth-order valence-electron chi connectivity index (χ4n) is 2.54. The standard InChI is InChI=1S/C14H21N3O/c15-12-6-4-11(5-7-12)8-10-17-9-2-1-3-13(17)14(16)18/h4-7,13H,1-3,8-10,15H2,(H2,16,18). The number of likely N-dealkylation sites (tertiary alicyclic amines) is 1. The molecule has 4 nitrogen and oxygen atoms in total. The first-order valence-electron chi connectivity index (χ1n) is 6.54. The molecule has 1 aromatic rings. The maximum atomic E-state index is 11.4. The number of nitrogens with two attached hydrogens (primary N) is 2. The van der Waals surface area contributed by atoms with Crippen molar-refractivity contribution in [1.29, 1.82) is 0 Å². The molecule has 0 aliphatic carbocycles. The molecule has 1 heterocycles. The Morgan fingerprint density at radius 2 is 2.00 bits per heavy atom. The smallest absolute Gasteiger partial charge is 0.234 e. The lowest BCUT2D eigenvalue weighted by atomic mass is 10.0. The molecule has 1 amide bonds. The number of hydrogen-bond acceptors (Lipinski definition) is 3. The van der Waals surface area contributed by atoms with Crippen LogP contribution < -0.4 is 11.5 Å². The van der Waals surface area contributed by atoms with E-state index in [9.17, 15) is 4.79 Å². The van der Waals surface area contributed by atoms with Crippen LogP contribution in [0.15, 0.2) is 24.3 Å². The minimum absolute atomic E-state index is 0.0764. The van der Waals surface area contributed by atoms with Crippen molar-refractivity contribution in [3.8, 4) is 0 Å². The van der Waals surface area contributed by atoms with Crippen LogP contribution >= 0.6 is 0 Å². The first kappa shape index (κ1) is 12.9. The van der Waals surface area contributed by atoms with Crippen LogP contribution in [-0.2, 0) is 11.2 Å². The average molecular weight is 247 g/mol. The molecular weight excluding hydrogens is 226 g/mol. The van der Waals surface area contributed by atoms with Gasteiger partial charge in [0.05, 0.1) is 6.04 Å². The summed E-state index contributed by atoms with van der Waals surface area (Å²) < 4.78 is 0. The molecule has 0 spiro atoms. The summed E-state index contributed by atoms with van der Waals surface area (Å²) in [7, 11) is 0. The Kier molecular flexibility index (Phi) is 4.20. The van der Waals surface area contributed by atoms with E-state index in [0.29, 0.717) is 0 Å². The summed E-state index contributed by atoms with van der Waals surface area (Å²) in [6.07, 6.45) is 4.10. The van der Waals surface area contributed by atoms with Crippen molar-refractivity contribution in [3.05, 3.63) is 29.8 Å². The molecule has 0 saturated carbocycles. The molecule has 1 saturated heterocycles. The molecule has 0 bridgehead atoms. The molecule has 4 heteroatoms. The summed E-state index contributed by atoms with van der Waals surface area (Å²) in [4.78, 5) is 13.6. The van der Waals surface area contributed by atoms with Gasteiger partial charge < -0.3 is 11.5 Å². The van der Waals surface area contributed by atoms with Gasteiger partial charge in [0, 0.05) is 12.2 Å². The van der Waals surface area contributed by atoms with Crippen LogP contribution in [0, 0.1) is 0 Å². The van der Waals surface area contributed by atoms with Crippen molar-refractivity contribution in [2.45, 2.75) is 31.7 Å². The van der Waals surface area contributed by atoms with E-state index in [1.165, 1.54) is 5.56 Å². The van der Waals surface area contributed by atoms with E-state index in [1.54, 1.807) is 0 Å². The molecular formula is C14H21N3O. The zero-order valence-corrected chi connectivity index (χ0v) is 10.6. The van der Waals surface area contributed by atoms with Gasteiger partial charge in [-0.05, 0) is 43.5 Å². The third kappa shape index (κ3) is 3.23. The summed E-state index contributed by atoms with van der Waals surface area (Å²) in [6.45, 7) is 1.86. The summed E-state index contributed by atoms with van der Waals surface area (Å²) in [6, 6.07) is 7.83. The Bertz CT molecular complexity index is 402. The van der Waals surface area contributed by atoms with Gasteiger partial charge in [-0.2, -0.15) is 0 Å². The van der Waals surface area contributed by atoms with Gasteiger partial charge in [-0.1, -0.05) is 18.6 Å². The van der Waals surface area contributed by atoms with Gasteiger partial charge in [-0.15, -0.1) is 0 Å². The molecule has 1 atom stereocenters. The van der Waals surface area contributed by atoms with Crippen molar-refractivity contribution in [2.24, 2.45) is 5.73 Å². The molecule has 1 aliphatic heterocycles. The maximum Gasteiger partial charge on any atom is 0.234 e. The van der Waals surface area contributed by atoms with Gasteiger partial charge in [0.25, 0.3) is 0 Å². The summed E-state index contributed by atoms with van der Waals surface area (Å²) in [5.41, 5.74) is 13.1. The second kappa shape index (κ2) is 5.87. The largest absolute Gasteiger partial charge is 0.399 e. The lowest BCUT2D eigenvalue weighted by Crippen LogP contribution is -2.48. The number of nitrogen functional groups attached to an aromatic ring is 1. The van der Waals surface area contributed by atoms with Crippen LogP contribution in [-0.4, -0.2) is 29.9 Å². The van der Waals surface area contributed by atoms with Crippen LogP contribution in [0.3, 0.4) is 0 Å². The van der Waals surface area contributed by atoms with Gasteiger partial charge in [-0.3, -0.25) is 9.69 Å². The van der Waals surface area contributed by atoms with Crippen LogP contribution in [0.25, 0.3) is 0 Å². The number of piperidine rings is 1. The highest BCUT2D eigenvalue weighted by Gasteiger charge is 2.26. The molecule has 1 aliphatic rings. The lowest BCUT2D eigenvalue weighted by molar-refractivity contribution is -0.124. The van der Waals surface area contributed by atoms with Gasteiger partial charge in [-0.25, -0.2) is 0 Å². The zero-order chi connectivity index (χ0) is 13.0. The maximum absolute atomic E-state index is 11.4. The van der Waals surface area contributed by atoms with E-state index in [1.807, 2.05) is 24.3 Å². The van der Waals surface area contributed by atoms with E-state index in [-0.39, 0.29) is 11.9 Å². The van der Waals surface area contributed by atoms with E-state index >= 15 is 0 Å². The van der Waals surface area contributed by atoms with E-state index in [2.05, 4.69) is 4.90 Å². The number of nitrogens with zero attached hydrogens (tertiary/aromatic N) is 1. The van der Waals surface area contributed by atoms with E-state index in [0.717, 1.165) is 44.5 Å². The molecule has 0 aromatic heterocycles. The lowest BCUT2D eigenvalue weighted by Gasteiger charge is -2.33. The fourth-order valence-corrected chi connectivity index (χ4v) is 2.54. The monoisotopic (exact) mass is 247 g/mol. The van der Waals surface area contributed by atoms with Gasteiger partial charge in [0.2, 0.25) is 5.91 Å². The number of benzene rings is 1. The summed E-state index contributed by atoms with van der Waals surface area (Å²) in [5.74, 6) is -0.188. The Balaban J connectivity index is 1.91. The van der Waals surface area contributed by atoms with Gasteiger partial charge >= 0.3 is 0 Å². The number of anilines is 1. The summed E-state index contributed by atoms with van der Waals surface area (Å²) in [5, 5.41) is 0. The molecule has 98 valence electrons. The predicted octanol–water partition coefficient (Wildman–Crippen LogP) is 1.15. The highest BCUT2D eigenvalue weighted by molar-refractivity contribution is 5.79. The molecule has 1 unspecified atom stereocenters. The number of primary amides is 1. The zero-order valence-electron chi connectivity index (χ0n) is 10.6. The topological polar surface area (TPSA) is 72.4 Å². The highest BCUT2D eigenvalue weighted by Crippen LogP contribution is 2.17. The van der Waals surface area contributed by atoms with Gasteiger partial charge in [0.15, 0.2) is 0 Å². The van der Waals surface area contributed by atoms with Crippen molar-refractivity contribution >= 4 is 11.6 Å². The van der Waals surface area contributed by atoms with E-state index < -0.39 is 0 Å². The Hall–Kier alpha value is -1.55. The molecule has 1 fully saturated rings. The van der Waals surface area contributed by atoms with Crippen LogP contribution in [0.1, 0.15) is 24.8 Å². The molecule has 0 radical (unpaired) electrons. The molecule has 4 N–H and O–H groups in total. The third-order valence-electron chi connectivity index (χ3n) is 3.61. The number of carbonyl (C=O) groups excluding carboxylic acids is 1. The summed E-state index contributed by atoms with van der Waals surface area (Å²) >= 11 is 0. The van der Waals surface area contributed by atoms with Crippen molar-refractivity contribution in [3.63, 3.8) is 0 Å². The second-order valence-corrected chi connectivity index (χ2v) is 4.94. The first-order chi connectivity index (χ1) is 8.66. The Morgan fingerprint density at radius 1 is 1.28 bits per heavy atom. The van der Waals surface area contributed by atoms with Crippen LogP contribution in [0.5, 0.6) is 0 Å². The number of hydrogen-bond donors (Lipinski definition) is 2. The van der Waals surface area contributed by atoms with Crippen LogP contribution in [0.4, 0.5) is 5.69 Å². The van der Waals surface area contributed by atoms with Crippen molar-refractivity contribution < 1.29 is 4.79 Å².